The van der Waals surface area contributed by atoms with E-state index >= 15 is 0 Å². The van der Waals surface area contributed by atoms with Crippen molar-refractivity contribution in [1.82, 2.24) is 34.5 Å². The summed E-state index contributed by atoms with van der Waals surface area (Å²) in [6.45, 7) is 2.59. The van der Waals surface area contributed by atoms with Crippen molar-refractivity contribution in [2.75, 3.05) is 11.9 Å². The molecule has 0 aliphatic rings. The highest BCUT2D eigenvalue weighted by Crippen LogP contribution is 2.16. The summed E-state index contributed by atoms with van der Waals surface area (Å²) in [5.41, 5.74) is 1.12. The molecular formula is C17H18N8O. The van der Waals surface area contributed by atoms with E-state index in [1.807, 2.05) is 48.9 Å². The lowest BCUT2D eigenvalue weighted by Gasteiger charge is -2.12. The molecule has 4 aromatic rings. The molecule has 0 aliphatic heterocycles. The van der Waals surface area contributed by atoms with Gasteiger partial charge in [0.1, 0.15) is 17.5 Å². The molecule has 4 rings (SSSR count). The maximum atomic E-state index is 12.4. The van der Waals surface area contributed by atoms with E-state index < -0.39 is 0 Å². The molecule has 0 amide bonds. The Kier molecular flexibility index (Phi) is 3.96. The van der Waals surface area contributed by atoms with Crippen LogP contribution in [0.1, 0.15) is 18.7 Å². The van der Waals surface area contributed by atoms with Crippen LogP contribution in [0, 0.1) is 0 Å². The van der Waals surface area contributed by atoms with Crippen LogP contribution in [-0.2, 0) is 7.05 Å². The Morgan fingerprint density at radius 3 is 2.81 bits per heavy atom. The number of aromatic amines is 1. The van der Waals surface area contributed by atoms with Gasteiger partial charge in [0, 0.05) is 19.5 Å². The Labute approximate surface area is 148 Å². The second-order valence-electron chi connectivity index (χ2n) is 6.13. The number of aromatic nitrogens is 7. The number of nitrogens with zero attached hydrogens (tertiary/aromatic N) is 6. The molecule has 132 valence electrons. The van der Waals surface area contributed by atoms with Crippen molar-refractivity contribution in [3.8, 4) is 5.69 Å². The van der Waals surface area contributed by atoms with Gasteiger partial charge in [0.15, 0.2) is 5.65 Å². The lowest BCUT2D eigenvalue weighted by molar-refractivity contribution is 0.679. The van der Waals surface area contributed by atoms with E-state index in [1.54, 1.807) is 11.0 Å². The molecule has 3 heterocycles. The van der Waals surface area contributed by atoms with Gasteiger partial charge >= 0.3 is 0 Å². The van der Waals surface area contributed by atoms with Crippen molar-refractivity contribution >= 4 is 17.0 Å². The third-order valence-corrected chi connectivity index (χ3v) is 4.20. The minimum atomic E-state index is -0.231. The number of H-pyrrole nitrogens is 1. The average molecular weight is 350 g/mol. The normalized spacial score (nSPS) is 12.4. The summed E-state index contributed by atoms with van der Waals surface area (Å²) in [6.07, 6.45) is 3.19. The van der Waals surface area contributed by atoms with Crippen LogP contribution in [0.25, 0.3) is 16.7 Å². The molecule has 0 aliphatic carbocycles. The fourth-order valence-electron chi connectivity index (χ4n) is 2.84. The fraction of sp³-hybridized carbons (Fsp3) is 0.235. The van der Waals surface area contributed by atoms with Gasteiger partial charge in [-0.25, -0.2) is 4.68 Å². The molecular weight excluding hydrogens is 332 g/mol. The van der Waals surface area contributed by atoms with Crippen LogP contribution in [0.3, 0.4) is 0 Å². The minimum Gasteiger partial charge on any atom is -0.355 e. The number of rotatable bonds is 5. The molecule has 9 nitrogen and oxygen atoms in total. The average Bonchev–Trinajstić information content (AvgIpc) is 3.27. The summed E-state index contributed by atoms with van der Waals surface area (Å²) >= 11 is 0. The molecule has 1 atom stereocenters. The van der Waals surface area contributed by atoms with Crippen LogP contribution in [0.15, 0.2) is 47.7 Å². The van der Waals surface area contributed by atoms with E-state index in [9.17, 15) is 4.79 Å². The molecule has 0 fully saturated rings. The maximum Gasteiger partial charge on any atom is 0.263 e. The van der Waals surface area contributed by atoms with Crippen LogP contribution >= 0.6 is 0 Å². The highest BCUT2D eigenvalue weighted by atomic mass is 16.1. The van der Waals surface area contributed by atoms with E-state index in [4.69, 9.17) is 0 Å². The highest BCUT2D eigenvalue weighted by molar-refractivity contribution is 5.76. The van der Waals surface area contributed by atoms with Crippen LogP contribution < -0.4 is 10.9 Å². The summed E-state index contributed by atoms with van der Waals surface area (Å²) < 4.78 is 3.53. The van der Waals surface area contributed by atoms with Crippen LogP contribution in [0.4, 0.5) is 5.95 Å². The van der Waals surface area contributed by atoms with Crippen LogP contribution in [0.5, 0.6) is 0 Å². The van der Waals surface area contributed by atoms with Crippen molar-refractivity contribution in [1.29, 1.82) is 0 Å². The number of aryl methyl sites for hydroxylation is 1. The number of hydrogen-bond acceptors (Lipinski definition) is 6. The Balaban J connectivity index is 1.64. The highest BCUT2D eigenvalue weighted by Gasteiger charge is 2.14. The SMILES string of the molecule is CC(CNc1nc2c(cnn2-c2ccccc2)c(=O)[nH]1)c1nncn1C. The van der Waals surface area contributed by atoms with Crippen molar-refractivity contribution in [2.45, 2.75) is 12.8 Å². The predicted octanol–water partition coefficient (Wildman–Crippen LogP) is 1.45. The van der Waals surface area contributed by atoms with Gasteiger partial charge < -0.3 is 9.88 Å². The topological polar surface area (TPSA) is 106 Å². The van der Waals surface area contributed by atoms with Crippen molar-refractivity contribution in [3.05, 3.63) is 59.0 Å². The first kappa shape index (κ1) is 16.0. The van der Waals surface area contributed by atoms with Gasteiger partial charge in [-0.2, -0.15) is 10.1 Å². The van der Waals surface area contributed by atoms with E-state index in [-0.39, 0.29) is 11.5 Å². The number of anilines is 1. The zero-order chi connectivity index (χ0) is 18.1. The van der Waals surface area contributed by atoms with E-state index in [2.05, 4.69) is 30.6 Å². The fourth-order valence-corrected chi connectivity index (χ4v) is 2.84. The zero-order valence-electron chi connectivity index (χ0n) is 14.4. The Hall–Kier alpha value is -3.49. The van der Waals surface area contributed by atoms with Gasteiger partial charge in [0.2, 0.25) is 5.95 Å². The van der Waals surface area contributed by atoms with Gasteiger partial charge in [-0.05, 0) is 12.1 Å². The Morgan fingerprint density at radius 2 is 2.08 bits per heavy atom. The molecule has 0 saturated heterocycles. The van der Waals surface area contributed by atoms with Crippen LogP contribution in [-0.4, -0.2) is 41.1 Å². The zero-order valence-corrected chi connectivity index (χ0v) is 14.4. The molecule has 26 heavy (non-hydrogen) atoms. The lowest BCUT2D eigenvalue weighted by atomic mass is 10.1. The largest absolute Gasteiger partial charge is 0.355 e. The Morgan fingerprint density at radius 1 is 1.27 bits per heavy atom. The smallest absolute Gasteiger partial charge is 0.263 e. The Bertz CT molecular complexity index is 1090. The van der Waals surface area contributed by atoms with Gasteiger partial charge in [-0.3, -0.25) is 9.78 Å². The number of nitrogens with one attached hydrogen (secondary N) is 2. The molecule has 1 unspecified atom stereocenters. The van der Waals surface area contributed by atoms with Gasteiger partial charge in [0.25, 0.3) is 5.56 Å². The first-order valence-electron chi connectivity index (χ1n) is 8.24. The summed E-state index contributed by atoms with van der Waals surface area (Å²) in [4.78, 5) is 19.7. The van der Waals surface area contributed by atoms with Gasteiger partial charge in [-0.1, -0.05) is 25.1 Å². The third-order valence-electron chi connectivity index (χ3n) is 4.20. The molecule has 9 heteroatoms. The standard InChI is InChI=1S/C17H18N8O/c1-11(14-23-19-10-24(14)2)8-18-17-21-15-13(16(26)22-17)9-20-25(15)12-6-4-3-5-7-12/h3-7,9-11H,8H2,1-2H3,(H2,18,21,22,26). The maximum absolute atomic E-state index is 12.4. The van der Waals surface area contributed by atoms with E-state index in [0.29, 0.717) is 23.5 Å². The second kappa shape index (κ2) is 6.43. The van der Waals surface area contributed by atoms with Crippen molar-refractivity contribution < 1.29 is 0 Å². The van der Waals surface area contributed by atoms with E-state index in [0.717, 1.165) is 11.5 Å². The summed E-state index contributed by atoms with van der Waals surface area (Å²) in [5, 5.41) is 15.9. The number of para-hydroxylation sites is 1. The van der Waals surface area contributed by atoms with Gasteiger partial charge in [0.05, 0.1) is 11.9 Å². The first-order valence-corrected chi connectivity index (χ1v) is 8.24. The van der Waals surface area contributed by atoms with Crippen molar-refractivity contribution in [2.24, 2.45) is 7.05 Å². The molecule has 1 aromatic carbocycles. The summed E-state index contributed by atoms with van der Waals surface area (Å²) in [7, 11) is 1.90. The molecule has 0 radical (unpaired) electrons. The molecule has 3 aromatic heterocycles. The van der Waals surface area contributed by atoms with Crippen molar-refractivity contribution in [3.63, 3.8) is 0 Å². The number of fused-ring (bicyclic) bond motifs is 1. The lowest BCUT2D eigenvalue weighted by Crippen LogP contribution is -2.18. The predicted molar refractivity (Wildman–Crippen MR) is 97.4 cm³/mol. The molecule has 0 saturated carbocycles. The van der Waals surface area contributed by atoms with E-state index in [1.165, 1.54) is 6.20 Å². The second-order valence-corrected chi connectivity index (χ2v) is 6.13. The molecule has 2 N–H and O–H groups in total. The summed E-state index contributed by atoms with van der Waals surface area (Å²) in [6, 6.07) is 9.59. The monoisotopic (exact) mass is 350 g/mol. The number of benzene rings is 1. The molecule has 0 spiro atoms. The van der Waals surface area contributed by atoms with Gasteiger partial charge in [-0.15, -0.1) is 10.2 Å². The van der Waals surface area contributed by atoms with Crippen LogP contribution in [0.2, 0.25) is 0 Å². The third kappa shape index (κ3) is 2.83. The molecule has 0 bridgehead atoms. The minimum absolute atomic E-state index is 0.0996. The first-order chi connectivity index (χ1) is 12.6. The quantitative estimate of drug-likeness (QED) is 0.564. The summed E-state index contributed by atoms with van der Waals surface area (Å²) in [5.74, 6) is 1.35. The number of hydrogen-bond donors (Lipinski definition) is 2.